The van der Waals surface area contributed by atoms with Crippen molar-refractivity contribution >= 4 is 28.5 Å². The van der Waals surface area contributed by atoms with Crippen LogP contribution in [0.4, 0.5) is 0 Å². The average molecular weight is 365 g/mol. The third-order valence-corrected chi connectivity index (χ3v) is 4.02. The molecule has 3 rings (SSSR count). The number of aromatic nitrogens is 1. The minimum absolute atomic E-state index is 0.0410. The van der Waals surface area contributed by atoms with E-state index in [-0.39, 0.29) is 12.4 Å². The van der Waals surface area contributed by atoms with Crippen LogP contribution in [-0.2, 0) is 4.79 Å². The number of carbonyl (C=O) groups excluding carboxylic acids is 3. The van der Waals surface area contributed by atoms with Crippen LogP contribution in [0.15, 0.2) is 54.7 Å². The zero-order chi connectivity index (χ0) is 19.2. The van der Waals surface area contributed by atoms with Crippen molar-refractivity contribution in [3.05, 3.63) is 65.9 Å². The lowest BCUT2D eigenvalue weighted by Gasteiger charge is -2.09. The van der Waals surface area contributed by atoms with Gasteiger partial charge in [0.25, 0.3) is 11.8 Å². The second-order valence-electron chi connectivity index (χ2n) is 5.84. The summed E-state index contributed by atoms with van der Waals surface area (Å²) in [6, 6.07) is 13.9. The van der Waals surface area contributed by atoms with Crippen LogP contribution in [0.25, 0.3) is 10.9 Å². The van der Waals surface area contributed by atoms with Gasteiger partial charge < -0.3 is 9.72 Å². The summed E-state index contributed by atoms with van der Waals surface area (Å²) in [6.07, 6.45) is 2.01. The van der Waals surface area contributed by atoms with Crippen LogP contribution >= 0.6 is 0 Å². The van der Waals surface area contributed by atoms with Crippen molar-refractivity contribution in [2.45, 2.75) is 13.3 Å². The van der Waals surface area contributed by atoms with Gasteiger partial charge in [0.15, 0.2) is 12.4 Å². The topological polar surface area (TPSA) is 100 Å². The highest BCUT2D eigenvalue weighted by atomic mass is 16.5. The Morgan fingerprint density at radius 2 is 1.74 bits per heavy atom. The summed E-state index contributed by atoms with van der Waals surface area (Å²) in [5.74, 6) is -0.430. The van der Waals surface area contributed by atoms with E-state index in [1.165, 1.54) is 0 Å². The fraction of sp³-hybridized carbons (Fsp3) is 0.150. The Kier molecular flexibility index (Phi) is 5.51. The maximum absolute atomic E-state index is 12.2. The number of ether oxygens (including phenoxy) is 1. The SMILES string of the molecule is CCC(=O)c1ccc(OCC(=O)NNC(=O)c2c[nH]c3ccccc23)cc1. The number of ketones is 1. The molecule has 7 nitrogen and oxygen atoms in total. The van der Waals surface area contributed by atoms with Crippen molar-refractivity contribution in [1.29, 1.82) is 0 Å². The van der Waals surface area contributed by atoms with Crippen LogP contribution in [0.2, 0.25) is 0 Å². The number of hydrogen-bond acceptors (Lipinski definition) is 4. The molecule has 2 amide bonds. The lowest BCUT2D eigenvalue weighted by Crippen LogP contribution is -2.43. The van der Waals surface area contributed by atoms with Crippen LogP contribution < -0.4 is 15.6 Å². The monoisotopic (exact) mass is 365 g/mol. The second kappa shape index (κ2) is 8.18. The van der Waals surface area contributed by atoms with Crippen molar-refractivity contribution in [1.82, 2.24) is 15.8 Å². The molecule has 0 spiro atoms. The normalized spacial score (nSPS) is 10.4. The zero-order valence-electron chi connectivity index (χ0n) is 14.7. The van der Waals surface area contributed by atoms with Gasteiger partial charge in [-0.1, -0.05) is 25.1 Å². The summed E-state index contributed by atoms with van der Waals surface area (Å²) in [7, 11) is 0. The minimum atomic E-state index is -0.503. The smallest absolute Gasteiger partial charge is 0.276 e. The number of fused-ring (bicyclic) bond motifs is 1. The van der Waals surface area contributed by atoms with Gasteiger partial charge in [0.2, 0.25) is 0 Å². The molecule has 0 unspecified atom stereocenters. The predicted octanol–water partition coefficient (Wildman–Crippen LogP) is 2.60. The number of nitrogens with one attached hydrogen (secondary N) is 3. The van der Waals surface area contributed by atoms with Gasteiger partial charge in [-0.15, -0.1) is 0 Å². The number of hydrazine groups is 1. The van der Waals surface area contributed by atoms with Gasteiger partial charge in [-0.2, -0.15) is 0 Å². The van der Waals surface area contributed by atoms with Crippen molar-refractivity contribution in [2.75, 3.05) is 6.61 Å². The van der Waals surface area contributed by atoms with E-state index in [1.54, 1.807) is 37.4 Å². The number of carbonyl (C=O) groups is 3. The van der Waals surface area contributed by atoms with Crippen molar-refractivity contribution in [3.63, 3.8) is 0 Å². The fourth-order valence-electron chi connectivity index (χ4n) is 2.58. The van der Waals surface area contributed by atoms with Crippen LogP contribution in [0.5, 0.6) is 5.75 Å². The Bertz CT molecular complexity index is 976. The molecule has 0 saturated carbocycles. The van der Waals surface area contributed by atoms with E-state index < -0.39 is 11.8 Å². The molecule has 0 aliphatic carbocycles. The molecule has 2 aromatic carbocycles. The summed E-state index contributed by atoms with van der Waals surface area (Å²) >= 11 is 0. The van der Waals surface area contributed by atoms with Gasteiger partial charge in [0.05, 0.1) is 5.56 Å². The molecule has 0 fully saturated rings. The number of rotatable bonds is 6. The van der Waals surface area contributed by atoms with Gasteiger partial charge >= 0.3 is 0 Å². The number of para-hydroxylation sites is 1. The number of hydrogen-bond donors (Lipinski definition) is 3. The summed E-state index contributed by atoms with van der Waals surface area (Å²) in [6.45, 7) is 1.52. The summed E-state index contributed by atoms with van der Waals surface area (Å²) < 4.78 is 5.35. The van der Waals surface area contributed by atoms with Gasteiger partial charge in [-0.25, -0.2) is 0 Å². The standard InChI is InChI=1S/C20H19N3O4/c1-2-18(24)13-7-9-14(10-8-13)27-12-19(25)22-23-20(26)16-11-21-17-6-4-3-5-15(16)17/h3-11,21H,2,12H2,1H3,(H,22,25)(H,23,26). The molecule has 27 heavy (non-hydrogen) atoms. The first-order chi connectivity index (χ1) is 13.1. The maximum atomic E-state index is 12.2. The highest BCUT2D eigenvalue weighted by Gasteiger charge is 2.12. The molecule has 0 atom stereocenters. The Morgan fingerprint density at radius 1 is 1.00 bits per heavy atom. The summed E-state index contributed by atoms with van der Waals surface area (Å²) in [4.78, 5) is 38.6. The summed E-state index contributed by atoms with van der Waals surface area (Å²) in [5.41, 5.74) is 6.54. The number of Topliss-reactive ketones (excluding diaryl/α,β-unsaturated/α-hetero) is 1. The average Bonchev–Trinajstić information content (AvgIpc) is 3.14. The van der Waals surface area contributed by atoms with Crippen molar-refractivity contribution in [3.8, 4) is 5.75 Å². The van der Waals surface area contributed by atoms with E-state index in [9.17, 15) is 14.4 Å². The molecular weight excluding hydrogens is 346 g/mol. The second-order valence-corrected chi connectivity index (χ2v) is 5.84. The largest absolute Gasteiger partial charge is 0.484 e. The lowest BCUT2D eigenvalue weighted by molar-refractivity contribution is -0.123. The van der Waals surface area contributed by atoms with Crippen LogP contribution in [0.3, 0.4) is 0 Å². The molecule has 3 N–H and O–H groups in total. The molecule has 3 aromatic rings. The van der Waals surface area contributed by atoms with Crippen LogP contribution in [0, 0.1) is 0 Å². The van der Waals surface area contributed by atoms with Crippen LogP contribution in [-0.4, -0.2) is 29.2 Å². The molecule has 0 saturated heterocycles. The number of benzene rings is 2. The quantitative estimate of drug-likeness (QED) is 0.462. The van der Waals surface area contributed by atoms with E-state index in [0.29, 0.717) is 23.3 Å². The molecule has 0 aliphatic rings. The van der Waals surface area contributed by atoms with Crippen LogP contribution in [0.1, 0.15) is 34.1 Å². The van der Waals surface area contributed by atoms with Gasteiger partial charge in [0, 0.05) is 29.1 Å². The molecular formula is C20H19N3O4. The van der Waals surface area contributed by atoms with E-state index in [0.717, 1.165) is 10.9 Å². The molecule has 1 aromatic heterocycles. The van der Waals surface area contributed by atoms with E-state index in [1.807, 2.05) is 24.3 Å². The Morgan fingerprint density at radius 3 is 2.48 bits per heavy atom. The highest BCUT2D eigenvalue weighted by Crippen LogP contribution is 2.17. The van der Waals surface area contributed by atoms with E-state index in [4.69, 9.17) is 4.74 Å². The lowest BCUT2D eigenvalue weighted by atomic mass is 10.1. The van der Waals surface area contributed by atoms with E-state index >= 15 is 0 Å². The molecule has 138 valence electrons. The van der Waals surface area contributed by atoms with Crippen molar-refractivity contribution in [2.24, 2.45) is 0 Å². The summed E-state index contributed by atoms with van der Waals surface area (Å²) in [5, 5.41) is 0.766. The molecule has 7 heteroatoms. The zero-order valence-corrected chi connectivity index (χ0v) is 14.7. The third-order valence-electron chi connectivity index (χ3n) is 4.02. The highest BCUT2D eigenvalue weighted by molar-refractivity contribution is 6.07. The predicted molar refractivity (Wildman–Crippen MR) is 100 cm³/mol. The van der Waals surface area contributed by atoms with E-state index in [2.05, 4.69) is 15.8 Å². The first-order valence-electron chi connectivity index (χ1n) is 8.50. The third kappa shape index (κ3) is 4.33. The Labute approximate surface area is 155 Å². The molecule has 1 heterocycles. The number of amides is 2. The first-order valence-corrected chi connectivity index (χ1v) is 8.50. The fourth-order valence-corrected chi connectivity index (χ4v) is 2.58. The molecule has 0 radical (unpaired) electrons. The Hall–Kier alpha value is -3.61. The van der Waals surface area contributed by atoms with Crippen molar-refractivity contribution < 1.29 is 19.1 Å². The molecule has 0 aliphatic heterocycles. The Balaban J connectivity index is 1.49. The number of H-pyrrole nitrogens is 1. The minimum Gasteiger partial charge on any atom is -0.484 e. The number of aromatic amines is 1. The van der Waals surface area contributed by atoms with Gasteiger partial charge in [-0.3, -0.25) is 25.2 Å². The maximum Gasteiger partial charge on any atom is 0.276 e. The van der Waals surface area contributed by atoms with Gasteiger partial charge in [0.1, 0.15) is 5.75 Å². The molecule has 0 bridgehead atoms. The first kappa shape index (κ1) is 18.2. The van der Waals surface area contributed by atoms with Gasteiger partial charge in [-0.05, 0) is 30.3 Å².